The van der Waals surface area contributed by atoms with Crippen molar-refractivity contribution >= 4 is 14.6 Å². The molecule has 0 fully saturated rings. The molecule has 0 spiro atoms. The second-order valence-corrected chi connectivity index (χ2v) is 7.01. The van der Waals surface area contributed by atoms with E-state index in [9.17, 15) is 4.79 Å². The summed E-state index contributed by atoms with van der Waals surface area (Å²) in [6.45, 7) is 2.65. The summed E-state index contributed by atoms with van der Waals surface area (Å²) in [5.41, 5.74) is 4.02. The molecule has 1 heterocycles. The fraction of sp³-hybridized carbons (Fsp3) is 0.211. The van der Waals surface area contributed by atoms with Crippen LogP contribution >= 0.6 is 8.73 Å². The van der Waals surface area contributed by atoms with Crippen LogP contribution in [-0.4, -0.2) is 11.6 Å². The monoisotopic (exact) mass is 325 g/mol. The summed E-state index contributed by atoms with van der Waals surface area (Å²) in [5, 5.41) is 2.89. The number of allylic oxidation sites excluding steroid dienone is 1. The highest BCUT2D eigenvalue weighted by atomic mass is 31.1. The van der Waals surface area contributed by atoms with Gasteiger partial charge in [-0.1, -0.05) is 48.0 Å². The number of carbonyl (C=O) groups excluding carboxylic acids is 1. The van der Waals surface area contributed by atoms with Crippen molar-refractivity contribution in [3.63, 3.8) is 0 Å². The summed E-state index contributed by atoms with van der Waals surface area (Å²) in [6.07, 6.45) is 4.53. The predicted octanol–water partition coefficient (Wildman–Crippen LogP) is 3.76. The van der Waals surface area contributed by atoms with E-state index in [-0.39, 0.29) is 5.91 Å². The molecule has 0 aromatic heterocycles. The highest BCUT2D eigenvalue weighted by molar-refractivity contribution is 7.38. The molecule has 0 saturated heterocycles. The van der Waals surface area contributed by atoms with Crippen molar-refractivity contribution in [2.24, 2.45) is 0 Å². The van der Waals surface area contributed by atoms with Gasteiger partial charge >= 0.3 is 0 Å². The van der Waals surface area contributed by atoms with Crippen LogP contribution in [0.5, 0.6) is 5.75 Å². The van der Waals surface area contributed by atoms with Gasteiger partial charge in [0, 0.05) is 5.66 Å². The Kier molecular flexibility index (Phi) is 5.09. The second-order valence-electron chi connectivity index (χ2n) is 5.73. The Morgan fingerprint density at radius 2 is 1.96 bits per heavy atom. The summed E-state index contributed by atoms with van der Waals surface area (Å²) in [6, 6.07) is 16.6. The molecule has 1 amide bonds. The van der Waals surface area contributed by atoms with Gasteiger partial charge in [0.25, 0.3) is 0 Å². The van der Waals surface area contributed by atoms with Gasteiger partial charge in [-0.05, 0) is 51.4 Å². The first-order valence-electron chi connectivity index (χ1n) is 7.70. The van der Waals surface area contributed by atoms with E-state index in [2.05, 4.69) is 48.4 Å². The maximum absolute atomic E-state index is 11.1. The Labute approximate surface area is 138 Å². The minimum atomic E-state index is 0.00904. The maximum atomic E-state index is 11.1. The molecule has 2 unspecified atom stereocenters. The van der Waals surface area contributed by atoms with Crippen LogP contribution in [0, 0.1) is 6.92 Å². The van der Waals surface area contributed by atoms with E-state index in [1.54, 1.807) is 6.08 Å². The molecular formula is C19H20NO2P. The summed E-state index contributed by atoms with van der Waals surface area (Å²) in [5.74, 6) is 0.894. The van der Waals surface area contributed by atoms with E-state index < -0.39 is 0 Å². The molecule has 2 aromatic carbocycles. The van der Waals surface area contributed by atoms with Gasteiger partial charge < -0.3 is 9.82 Å². The molecule has 0 aliphatic carbocycles. The van der Waals surface area contributed by atoms with Crippen molar-refractivity contribution < 1.29 is 9.53 Å². The van der Waals surface area contributed by atoms with Gasteiger partial charge in [-0.2, -0.15) is 0 Å². The van der Waals surface area contributed by atoms with E-state index in [0.717, 1.165) is 12.2 Å². The topological polar surface area (TPSA) is 38.3 Å². The lowest BCUT2D eigenvalue weighted by Crippen LogP contribution is -2.21. The molecule has 0 saturated carbocycles. The van der Waals surface area contributed by atoms with Crippen LogP contribution in [0.1, 0.15) is 16.7 Å². The lowest BCUT2D eigenvalue weighted by atomic mass is 10.1. The van der Waals surface area contributed by atoms with Crippen LogP contribution in [0.2, 0.25) is 0 Å². The molecule has 3 nitrogen and oxygen atoms in total. The summed E-state index contributed by atoms with van der Waals surface area (Å²) < 4.78 is 5.89. The first-order valence-corrected chi connectivity index (χ1v) is 8.78. The van der Waals surface area contributed by atoms with Crippen molar-refractivity contribution in [2.75, 3.05) is 0 Å². The minimum absolute atomic E-state index is 0.00904. The maximum Gasteiger partial charge on any atom is 0.246 e. The number of amides is 1. The molecular weight excluding hydrogens is 305 g/mol. The number of hydrogen-bond acceptors (Lipinski definition) is 2. The summed E-state index contributed by atoms with van der Waals surface area (Å²) in [4.78, 5) is 11.1. The van der Waals surface area contributed by atoms with Crippen molar-refractivity contribution in [2.45, 2.75) is 25.6 Å². The Hall–Kier alpha value is -2.12. The largest absolute Gasteiger partial charge is 0.489 e. The standard InChI is InChI=1S/C19H20NO2P/c1-14-5-7-15(8-6-14)13-22-17-4-2-3-16(11-17)12-18-9-10-19(21)20-23-18/h2-11,18,23H,12-13H2,1H3,(H,20,21). The van der Waals surface area contributed by atoms with Crippen molar-refractivity contribution in [1.29, 1.82) is 0 Å². The third kappa shape index (κ3) is 4.67. The molecule has 2 aromatic rings. The number of benzene rings is 2. The van der Waals surface area contributed by atoms with Gasteiger partial charge in [-0.15, -0.1) is 0 Å². The molecule has 1 N–H and O–H groups in total. The number of ether oxygens (including phenoxy) is 1. The van der Waals surface area contributed by atoms with Gasteiger partial charge in [0.1, 0.15) is 12.4 Å². The number of nitrogens with one attached hydrogen (secondary N) is 1. The number of aryl methyl sites for hydroxylation is 1. The fourth-order valence-electron chi connectivity index (χ4n) is 2.44. The number of carbonyl (C=O) groups is 1. The molecule has 3 rings (SSSR count). The Morgan fingerprint density at radius 1 is 1.13 bits per heavy atom. The molecule has 0 bridgehead atoms. The Morgan fingerprint density at radius 3 is 2.70 bits per heavy atom. The average molecular weight is 325 g/mol. The minimum Gasteiger partial charge on any atom is -0.489 e. The number of rotatable bonds is 5. The molecule has 1 aliphatic heterocycles. The van der Waals surface area contributed by atoms with Crippen LogP contribution in [0.25, 0.3) is 0 Å². The van der Waals surface area contributed by atoms with Gasteiger partial charge in [0.05, 0.1) is 0 Å². The van der Waals surface area contributed by atoms with Gasteiger partial charge in [0.15, 0.2) is 0 Å². The number of hydrogen-bond donors (Lipinski definition) is 1. The normalized spacial score (nSPS) is 18.0. The summed E-state index contributed by atoms with van der Waals surface area (Å²) in [7, 11) is 0.445. The summed E-state index contributed by atoms with van der Waals surface area (Å²) >= 11 is 0. The molecule has 2 atom stereocenters. The molecule has 23 heavy (non-hydrogen) atoms. The van der Waals surface area contributed by atoms with Crippen LogP contribution in [-0.2, 0) is 17.8 Å². The van der Waals surface area contributed by atoms with Crippen LogP contribution in [0.3, 0.4) is 0 Å². The van der Waals surface area contributed by atoms with Gasteiger partial charge in [-0.3, -0.25) is 4.79 Å². The highest BCUT2D eigenvalue weighted by Crippen LogP contribution is 2.25. The van der Waals surface area contributed by atoms with E-state index in [4.69, 9.17) is 4.74 Å². The van der Waals surface area contributed by atoms with Crippen molar-refractivity contribution in [3.8, 4) is 5.75 Å². The smallest absolute Gasteiger partial charge is 0.246 e. The molecule has 1 aliphatic rings. The third-order valence-corrected chi connectivity index (χ3v) is 4.90. The molecule has 4 heteroatoms. The highest BCUT2D eigenvalue weighted by Gasteiger charge is 2.13. The van der Waals surface area contributed by atoms with E-state index in [0.29, 0.717) is 21.0 Å². The van der Waals surface area contributed by atoms with Crippen LogP contribution < -0.4 is 9.82 Å². The van der Waals surface area contributed by atoms with Crippen molar-refractivity contribution in [3.05, 3.63) is 77.4 Å². The second kappa shape index (κ2) is 7.43. The van der Waals surface area contributed by atoms with Gasteiger partial charge in [-0.25, -0.2) is 0 Å². The Balaban J connectivity index is 1.59. The van der Waals surface area contributed by atoms with E-state index >= 15 is 0 Å². The zero-order valence-corrected chi connectivity index (χ0v) is 14.1. The lowest BCUT2D eigenvalue weighted by molar-refractivity contribution is -0.114. The van der Waals surface area contributed by atoms with Crippen LogP contribution in [0.15, 0.2) is 60.7 Å². The molecule has 118 valence electrons. The van der Waals surface area contributed by atoms with Crippen molar-refractivity contribution in [1.82, 2.24) is 5.09 Å². The van der Waals surface area contributed by atoms with Gasteiger partial charge in [0.2, 0.25) is 5.91 Å². The Bertz CT molecular complexity index is 710. The predicted molar refractivity (Wildman–Crippen MR) is 95.0 cm³/mol. The van der Waals surface area contributed by atoms with Crippen LogP contribution in [0.4, 0.5) is 0 Å². The quantitative estimate of drug-likeness (QED) is 0.850. The zero-order valence-electron chi connectivity index (χ0n) is 13.1. The zero-order chi connectivity index (χ0) is 16.1. The lowest BCUT2D eigenvalue weighted by Gasteiger charge is -2.17. The third-order valence-electron chi connectivity index (χ3n) is 3.74. The SMILES string of the molecule is Cc1ccc(COc2cccc(CC3C=CC(=O)NP3)c2)cc1. The van der Waals surface area contributed by atoms with E-state index in [1.807, 2.05) is 18.2 Å². The molecule has 0 radical (unpaired) electrons. The van der Waals surface area contributed by atoms with E-state index in [1.165, 1.54) is 16.7 Å². The fourth-order valence-corrected chi connectivity index (χ4v) is 3.38. The first kappa shape index (κ1) is 15.8. The average Bonchev–Trinajstić information content (AvgIpc) is 2.57. The first-order chi connectivity index (χ1) is 11.2.